The second-order valence-electron chi connectivity index (χ2n) is 6.21. The molecule has 26 heavy (non-hydrogen) atoms. The zero-order valence-corrected chi connectivity index (χ0v) is 15.3. The molecule has 0 saturated carbocycles. The molecule has 3 nitrogen and oxygen atoms in total. The van der Waals surface area contributed by atoms with E-state index in [1.165, 1.54) is 28.3 Å². The Morgan fingerprint density at radius 2 is 1.96 bits per heavy atom. The van der Waals surface area contributed by atoms with E-state index in [4.69, 9.17) is 0 Å². The number of nitrogens with one attached hydrogen (secondary N) is 1. The summed E-state index contributed by atoms with van der Waals surface area (Å²) in [5.41, 5.74) is 0.436. The zero-order chi connectivity index (χ0) is 18.3. The number of aromatic nitrogens is 2. The van der Waals surface area contributed by atoms with Gasteiger partial charge in [0.05, 0.1) is 10.9 Å². The third-order valence-electron chi connectivity index (χ3n) is 4.49. The van der Waals surface area contributed by atoms with Crippen molar-refractivity contribution in [3.63, 3.8) is 0 Å². The lowest BCUT2D eigenvalue weighted by molar-refractivity contribution is -0.138. The van der Waals surface area contributed by atoms with Crippen LogP contribution in [0.4, 0.5) is 13.2 Å². The predicted molar refractivity (Wildman–Crippen MR) is 97.9 cm³/mol. The maximum Gasteiger partial charge on any atom is 0.416 e. The van der Waals surface area contributed by atoms with E-state index < -0.39 is 11.7 Å². The average molecular weight is 396 g/mol. The molecule has 1 aliphatic carbocycles. The number of alkyl halides is 3. The van der Waals surface area contributed by atoms with Gasteiger partial charge in [-0.2, -0.15) is 13.2 Å². The van der Waals surface area contributed by atoms with Crippen LogP contribution in [0.15, 0.2) is 34.2 Å². The molecule has 136 valence electrons. The SMILES string of the molecule is O=c1[nH]c(SCc2ccccc2C(F)(F)F)nc2sc3c(c12)CCCC3. The fraction of sp³-hybridized carbons (Fsp3) is 0.333. The number of hydrogen-bond donors (Lipinski definition) is 1. The molecule has 0 fully saturated rings. The monoisotopic (exact) mass is 396 g/mol. The summed E-state index contributed by atoms with van der Waals surface area (Å²) < 4.78 is 39.3. The van der Waals surface area contributed by atoms with Crippen LogP contribution >= 0.6 is 23.1 Å². The van der Waals surface area contributed by atoms with E-state index in [1.807, 2.05) is 0 Å². The lowest BCUT2D eigenvalue weighted by Crippen LogP contribution is -2.11. The number of H-pyrrole nitrogens is 1. The molecule has 0 amide bonds. The fourth-order valence-corrected chi connectivity index (χ4v) is 5.47. The van der Waals surface area contributed by atoms with Gasteiger partial charge in [0.25, 0.3) is 5.56 Å². The Labute approximate surface area is 155 Å². The van der Waals surface area contributed by atoms with Gasteiger partial charge in [0.1, 0.15) is 4.83 Å². The summed E-state index contributed by atoms with van der Waals surface area (Å²) in [4.78, 5) is 21.6. The highest BCUT2D eigenvalue weighted by atomic mass is 32.2. The minimum atomic E-state index is -4.39. The van der Waals surface area contributed by atoms with E-state index in [0.29, 0.717) is 15.4 Å². The number of hydrogen-bond acceptors (Lipinski definition) is 4. The van der Waals surface area contributed by atoms with Crippen molar-refractivity contribution in [1.29, 1.82) is 0 Å². The van der Waals surface area contributed by atoms with Crippen molar-refractivity contribution < 1.29 is 13.2 Å². The molecular weight excluding hydrogens is 381 g/mol. The van der Waals surface area contributed by atoms with Crippen LogP contribution in [0.25, 0.3) is 10.2 Å². The summed E-state index contributed by atoms with van der Waals surface area (Å²) in [6.07, 6.45) is -0.339. The number of nitrogens with zero attached hydrogens (tertiary/aromatic N) is 1. The number of thioether (sulfide) groups is 1. The molecule has 0 saturated heterocycles. The van der Waals surface area contributed by atoms with E-state index in [0.717, 1.165) is 49.1 Å². The molecule has 2 heterocycles. The summed E-state index contributed by atoms with van der Waals surface area (Å²) in [5, 5.41) is 1.02. The molecule has 0 unspecified atom stereocenters. The Morgan fingerprint density at radius 3 is 2.77 bits per heavy atom. The highest BCUT2D eigenvalue weighted by Gasteiger charge is 2.32. The van der Waals surface area contributed by atoms with Crippen molar-refractivity contribution in [3.05, 3.63) is 56.2 Å². The molecule has 3 aromatic rings. The summed E-state index contributed by atoms with van der Waals surface area (Å²) in [5.74, 6) is 0.0925. The van der Waals surface area contributed by atoms with Crippen LogP contribution in [0, 0.1) is 0 Å². The van der Waals surface area contributed by atoms with Crippen molar-refractivity contribution in [3.8, 4) is 0 Å². The molecule has 2 aromatic heterocycles. The van der Waals surface area contributed by atoms with Crippen LogP contribution in [0.2, 0.25) is 0 Å². The summed E-state index contributed by atoms with van der Waals surface area (Å²) in [7, 11) is 0. The second-order valence-corrected chi connectivity index (χ2v) is 8.25. The van der Waals surface area contributed by atoms with Gasteiger partial charge >= 0.3 is 6.18 Å². The summed E-state index contributed by atoms with van der Waals surface area (Å²) >= 11 is 2.65. The highest BCUT2D eigenvalue weighted by molar-refractivity contribution is 7.98. The van der Waals surface area contributed by atoms with Crippen molar-refractivity contribution in [2.24, 2.45) is 0 Å². The van der Waals surface area contributed by atoms with Gasteiger partial charge in [-0.25, -0.2) is 4.98 Å². The van der Waals surface area contributed by atoms with Gasteiger partial charge in [-0.3, -0.25) is 4.79 Å². The smallest absolute Gasteiger partial charge is 0.301 e. The average Bonchev–Trinajstić information content (AvgIpc) is 2.98. The lowest BCUT2D eigenvalue weighted by atomic mass is 9.97. The molecule has 0 aliphatic heterocycles. The van der Waals surface area contributed by atoms with Crippen LogP contribution in [0.3, 0.4) is 0 Å². The van der Waals surface area contributed by atoms with Gasteiger partial charge in [-0.1, -0.05) is 30.0 Å². The Kier molecular flexibility index (Phi) is 4.56. The van der Waals surface area contributed by atoms with Crippen molar-refractivity contribution in [2.45, 2.75) is 42.8 Å². The predicted octanol–water partition coefficient (Wildman–Crippen LogP) is 5.17. The highest BCUT2D eigenvalue weighted by Crippen LogP contribution is 2.36. The van der Waals surface area contributed by atoms with E-state index in [-0.39, 0.29) is 16.9 Å². The van der Waals surface area contributed by atoms with E-state index in [1.54, 1.807) is 6.07 Å². The van der Waals surface area contributed by atoms with Gasteiger partial charge in [-0.15, -0.1) is 11.3 Å². The van der Waals surface area contributed by atoms with E-state index in [9.17, 15) is 18.0 Å². The quantitative estimate of drug-likeness (QED) is 0.490. The first-order valence-corrected chi connectivity index (χ1v) is 10.1. The molecular formula is C18H15F3N2OS2. The zero-order valence-electron chi connectivity index (χ0n) is 13.7. The summed E-state index contributed by atoms with van der Waals surface area (Å²) in [6.45, 7) is 0. The molecule has 0 radical (unpaired) electrons. The van der Waals surface area contributed by atoms with Crippen LogP contribution in [0.1, 0.15) is 34.4 Å². The number of aromatic amines is 1. The van der Waals surface area contributed by atoms with Crippen molar-refractivity contribution >= 4 is 33.3 Å². The topological polar surface area (TPSA) is 45.8 Å². The number of aryl methyl sites for hydroxylation is 2. The van der Waals surface area contributed by atoms with Gasteiger partial charge in [0.2, 0.25) is 0 Å². The standard InChI is InChI=1S/C18H15F3N2OS2/c19-18(20,21)12-7-3-1-5-10(12)9-25-17-22-15(24)14-11-6-2-4-8-13(11)26-16(14)23-17/h1,3,5,7H,2,4,6,8-9H2,(H,22,23,24). The molecule has 0 bridgehead atoms. The molecule has 1 aliphatic rings. The fourth-order valence-electron chi connectivity index (χ4n) is 3.28. The number of thiophene rings is 1. The first-order chi connectivity index (χ1) is 12.4. The Balaban J connectivity index is 1.64. The van der Waals surface area contributed by atoms with Gasteiger partial charge in [0.15, 0.2) is 5.16 Å². The molecule has 1 N–H and O–H groups in total. The second kappa shape index (κ2) is 6.74. The molecule has 0 atom stereocenters. The van der Waals surface area contributed by atoms with E-state index in [2.05, 4.69) is 9.97 Å². The molecule has 1 aromatic carbocycles. The van der Waals surface area contributed by atoms with Crippen LogP contribution < -0.4 is 5.56 Å². The Bertz CT molecular complexity index is 1020. The first kappa shape index (κ1) is 17.6. The maximum absolute atomic E-state index is 13.1. The number of halogens is 3. The normalized spacial score (nSPS) is 14.6. The molecule has 0 spiro atoms. The van der Waals surface area contributed by atoms with Gasteiger partial charge in [0, 0.05) is 10.6 Å². The number of fused-ring (bicyclic) bond motifs is 3. The minimum absolute atomic E-state index is 0.0925. The third kappa shape index (κ3) is 3.27. The maximum atomic E-state index is 13.1. The van der Waals surface area contributed by atoms with E-state index >= 15 is 0 Å². The lowest BCUT2D eigenvalue weighted by Gasteiger charge is -2.12. The third-order valence-corrected chi connectivity index (χ3v) is 6.60. The van der Waals surface area contributed by atoms with Gasteiger partial charge < -0.3 is 4.98 Å². The minimum Gasteiger partial charge on any atom is -0.301 e. The van der Waals surface area contributed by atoms with Crippen LogP contribution in [-0.2, 0) is 24.8 Å². The van der Waals surface area contributed by atoms with Crippen molar-refractivity contribution in [1.82, 2.24) is 9.97 Å². The molecule has 4 rings (SSSR count). The number of rotatable bonds is 3. The summed E-state index contributed by atoms with van der Waals surface area (Å²) in [6, 6.07) is 5.48. The largest absolute Gasteiger partial charge is 0.416 e. The first-order valence-electron chi connectivity index (χ1n) is 8.26. The van der Waals surface area contributed by atoms with Crippen LogP contribution in [-0.4, -0.2) is 9.97 Å². The van der Waals surface area contributed by atoms with Crippen molar-refractivity contribution in [2.75, 3.05) is 0 Å². The molecule has 8 heteroatoms. The Hall–Kier alpha value is -1.80. The Morgan fingerprint density at radius 1 is 1.19 bits per heavy atom. The van der Waals surface area contributed by atoms with Crippen LogP contribution in [0.5, 0.6) is 0 Å². The van der Waals surface area contributed by atoms with Gasteiger partial charge in [-0.05, 0) is 42.9 Å². The number of benzene rings is 1.